The van der Waals surface area contributed by atoms with Crippen molar-refractivity contribution >= 4 is 18.5 Å². The van der Waals surface area contributed by atoms with Gasteiger partial charge in [0.05, 0.1) is 0 Å². The molecule has 0 bridgehead atoms. The number of halogens is 1. The molecular formula is C23H27ClOSi. The van der Waals surface area contributed by atoms with Gasteiger partial charge in [-0.2, -0.15) is 11.1 Å². The van der Waals surface area contributed by atoms with Gasteiger partial charge in [-0.15, -0.1) is 0 Å². The lowest BCUT2D eigenvalue weighted by molar-refractivity contribution is 0.125. The molecule has 0 amide bonds. The summed E-state index contributed by atoms with van der Waals surface area (Å²) in [6, 6.07) is 27.7. The summed E-state index contributed by atoms with van der Waals surface area (Å²) in [5, 5.41) is 11.5. The molecule has 3 rings (SSSR count). The van der Waals surface area contributed by atoms with E-state index in [9.17, 15) is 5.11 Å². The van der Waals surface area contributed by atoms with Crippen molar-refractivity contribution in [3.8, 4) is 0 Å². The highest BCUT2D eigenvalue weighted by Gasteiger charge is 2.33. The van der Waals surface area contributed by atoms with E-state index in [1.165, 1.54) is 5.56 Å². The molecule has 3 aromatic carbocycles. The molecule has 0 heterocycles. The second kappa shape index (κ2) is 8.68. The van der Waals surface area contributed by atoms with E-state index in [0.717, 1.165) is 16.7 Å². The smallest absolute Gasteiger partial charge is 0.147 e. The maximum absolute atomic E-state index is 11.5. The van der Waals surface area contributed by atoms with Crippen molar-refractivity contribution in [1.82, 2.24) is 0 Å². The van der Waals surface area contributed by atoms with Gasteiger partial charge in [-0.3, -0.25) is 0 Å². The lowest BCUT2D eigenvalue weighted by Gasteiger charge is -2.30. The van der Waals surface area contributed by atoms with Crippen LogP contribution < -0.4 is 0 Å². The van der Waals surface area contributed by atoms with Gasteiger partial charge in [0.2, 0.25) is 0 Å². The van der Waals surface area contributed by atoms with Crippen LogP contribution in [0.1, 0.15) is 22.3 Å². The number of hydrogen-bond acceptors (Lipinski definition) is 1. The fraction of sp³-hybridized carbons (Fsp3) is 0.217. The van der Waals surface area contributed by atoms with E-state index < -0.39 is 13.0 Å². The SMILES string of the molecule is C[Si](C)(C)Cl.Cc1ccc(C(O)(c2ccccc2)c2ccccc2)cc1. The molecule has 26 heavy (non-hydrogen) atoms. The predicted molar refractivity (Wildman–Crippen MR) is 115 cm³/mol. The summed E-state index contributed by atoms with van der Waals surface area (Å²) in [5.41, 5.74) is 2.68. The Hall–Kier alpha value is -1.87. The van der Waals surface area contributed by atoms with Gasteiger partial charge in [0.1, 0.15) is 13.0 Å². The van der Waals surface area contributed by atoms with Gasteiger partial charge in [-0.1, -0.05) is 110 Å². The van der Waals surface area contributed by atoms with Gasteiger partial charge in [-0.25, -0.2) is 0 Å². The average molecular weight is 383 g/mol. The number of hydrogen-bond donors (Lipinski definition) is 1. The highest BCUT2D eigenvalue weighted by molar-refractivity contribution is 7.18. The van der Waals surface area contributed by atoms with Crippen LogP contribution in [0.5, 0.6) is 0 Å². The van der Waals surface area contributed by atoms with Crippen LogP contribution in [0.2, 0.25) is 19.6 Å². The summed E-state index contributed by atoms with van der Waals surface area (Å²) in [5.74, 6) is 0. The van der Waals surface area contributed by atoms with E-state index in [-0.39, 0.29) is 0 Å². The van der Waals surface area contributed by atoms with E-state index in [1.807, 2.05) is 91.9 Å². The molecule has 0 aliphatic rings. The van der Waals surface area contributed by atoms with E-state index in [1.54, 1.807) is 0 Å². The van der Waals surface area contributed by atoms with Crippen LogP contribution in [0.15, 0.2) is 84.9 Å². The van der Waals surface area contributed by atoms with E-state index in [2.05, 4.69) is 19.6 Å². The Balaban J connectivity index is 0.000000431. The topological polar surface area (TPSA) is 20.2 Å². The summed E-state index contributed by atoms with van der Waals surface area (Å²) in [4.78, 5) is 0. The first kappa shape index (κ1) is 20.4. The lowest BCUT2D eigenvalue weighted by Crippen LogP contribution is -2.28. The predicted octanol–water partition coefficient (Wildman–Crippen LogP) is 6.34. The third-order valence-corrected chi connectivity index (χ3v) is 3.85. The molecule has 0 spiro atoms. The van der Waals surface area contributed by atoms with Gasteiger partial charge < -0.3 is 5.11 Å². The summed E-state index contributed by atoms with van der Waals surface area (Å²) in [6.45, 7) is 8.32. The molecule has 0 unspecified atom stereocenters. The molecule has 3 aromatic rings. The molecule has 0 saturated carbocycles. The normalized spacial score (nSPS) is 11.5. The molecule has 0 fully saturated rings. The summed E-state index contributed by atoms with van der Waals surface area (Å²) < 4.78 is 0. The first-order valence-electron chi connectivity index (χ1n) is 8.81. The van der Waals surface area contributed by atoms with Crippen molar-refractivity contribution in [2.75, 3.05) is 0 Å². The molecule has 1 N–H and O–H groups in total. The first-order chi connectivity index (χ1) is 12.2. The summed E-state index contributed by atoms with van der Waals surface area (Å²) in [6.07, 6.45) is 0. The van der Waals surface area contributed by atoms with Crippen LogP contribution in [0, 0.1) is 6.92 Å². The fourth-order valence-corrected chi connectivity index (χ4v) is 2.65. The Labute approximate surface area is 163 Å². The van der Waals surface area contributed by atoms with Crippen molar-refractivity contribution in [2.45, 2.75) is 32.2 Å². The minimum absolute atomic E-state index is 0.875. The zero-order valence-corrected chi connectivity index (χ0v) is 17.7. The molecule has 1 nitrogen and oxygen atoms in total. The molecule has 0 radical (unpaired) electrons. The molecule has 3 heteroatoms. The molecule has 0 saturated heterocycles. The van der Waals surface area contributed by atoms with Crippen molar-refractivity contribution < 1.29 is 5.11 Å². The maximum atomic E-state index is 11.5. The third kappa shape index (κ3) is 5.57. The zero-order valence-electron chi connectivity index (χ0n) is 15.9. The van der Waals surface area contributed by atoms with Crippen molar-refractivity contribution in [3.63, 3.8) is 0 Å². The second-order valence-electron chi connectivity index (χ2n) is 7.38. The Morgan fingerprint density at radius 2 is 0.962 bits per heavy atom. The van der Waals surface area contributed by atoms with E-state index in [0.29, 0.717) is 0 Å². The number of benzene rings is 3. The maximum Gasteiger partial charge on any atom is 0.147 e. The fourth-order valence-electron chi connectivity index (χ4n) is 2.65. The minimum Gasteiger partial charge on any atom is -0.376 e. The quantitative estimate of drug-likeness (QED) is 0.318. The highest BCUT2D eigenvalue weighted by atomic mass is 35.6. The van der Waals surface area contributed by atoms with E-state index in [4.69, 9.17) is 11.1 Å². The number of rotatable bonds is 3. The Bertz CT molecular complexity index is 748. The zero-order chi connectivity index (χ0) is 19.2. The van der Waals surface area contributed by atoms with Crippen molar-refractivity contribution in [2.24, 2.45) is 0 Å². The molecule has 0 aliphatic heterocycles. The van der Waals surface area contributed by atoms with Crippen LogP contribution in [-0.2, 0) is 5.60 Å². The number of aliphatic hydroxyl groups is 1. The van der Waals surface area contributed by atoms with Crippen LogP contribution in [-0.4, -0.2) is 12.5 Å². The second-order valence-corrected chi connectivity index (χ2v) is 14.9. The van der Waals surface area contributed by atoms with Crippen LogP contribution in [0.25, 0.3) is 0 Å². The van der Waals surface area contributed by atoms with Crippen molar-refractivity contribution in [3.05, 3.63) is 107 Å². The van der Waals surface area contributed by atoms with Gasteiger partial charge in [0.15, 0.2) is 0 Å². The summed E-state index contributed by atoms with van der Waals surface area (Å²) in [7, 11) is -1.14. The Morgan fingerprint density at radius 1 is 0.654 bits per heavy atom. The molecule has 0 aromatic heterocycles. The van der Waals surface area contributed by atoms with E-state index >= 15 is 0 Å². The van der Waals surface area contributed by atoms with Crippen LogP contribution in [0.3, 0.4) is 0 Å². The largest absolute Gasteiger partial charge is 0.376 e. The molecule has 0 aliphatic carbocycles. The van der Waals surface area contributed by atoms with Crippen LogP contribution in [0.4, 0.5) is 0 Å². The monoisotopic (exact) mass is 382 g/mol. The minimum atomic E-state index is -1.14. The van der Waals surface area contributed by atoms with Crippen molar-refractivity contribution in [1.29, 1.82) is 0 Å². The standard InChI is InChI=1S/C20H18O.C3H9ClSi/c1-16-12-14-19(15-13-16)20(21,17-8-4-2-5-9-17)18-10-6-3-7-11-18;1-5(2,3)4/h2-15,21H,1H3;1-3H3. The van der Waals surface area contributed by atoms with Gasteiger partial charge in [0, 0.05) is 0 Å². The van der Waals surface area contributed by atoms with Gasteiger partial charge in [-0.05, 0) is 23.6 Å². The highest BCUT2D eigenvalue weighted by Crippen LogP contribution is 2.36. The Morgan fingerprint density at radius 3 is 1.31 bits per heavy atom. The number of aryl methyl sites for hydroxylation is 1. The molecule has 0 atom stereocenters. The van der Waals surface area contributed by atoms with Gasteiger partial charge in [0.25, 0.3) is 0 Å². The van der Waals surface area contributed by atoms with Crippen LogP contribution >= 0.6 is 11.1 Å². The Kier molecular flexibility index (Phi) is 6.82. The third-order valence-electron chi connectivity index (χ3n) is 3.85. The average Bonchev–Trinajstić information content (AvgIpc) is 2.62. The summed E-state index contributed by atoms with van der Waals surface area (Å²) >= 11 is 5.67. The molecule has 136 valence electrons. The first-order valence-corrected chi connectivity index (χ1v) is 13.3. The lowest BCUT2D eigenvalue weighted by atomic mass is 9.80. The molecular weight excluding hydrogens is 356 g/mol. The van der Waals surface area contributed by atoms with Gasteiger partial charge >= 0.3 is 0 Å².